The van der Waals surface area contributed by atoms with E-state index in [0.29, 0.717) is 58.9 Å². The molecule has 0 aliphatic carbocycles. The first-order valence-electron chi connectivity index (χ1n) is 9.33. The number of aryl methyl sites for hydroxylation is 1. The Balaban J connectivity index is 1.39. The minimum atomic E-state index is -0.352. The molecule has 1 amide bonds. The SMILES string of the molecule is O=C(CCc1ccc(-c2ccccc2F)o1)Nc1cc2c(cc1Cl)OCCCO2. The largest absolute Gasteiger partial charge is 0.490 e. The smallest absolute Gasteiger partial charge is 0.224 e. The summed E-state index contributed by atoms with van der Waals surface area (Å²) in [7, 11) is 0. The van der Waals surface area contributed by atoms with Crippen LogP contribution >= 0.6 is 11.6 Å². The number of hydrogen-bond acceptors (Lipinski definition) is 4. The van der Waals surface area contributed by atoms with Gasteiger partial charge in [0.05, 0.1) is 29.5 Å². The molecule has 0 radical (unpaired) electrons. The average Bonchev–Trinajstić information content (AvgIpc) is 3.06. The minimum Gasteiger partial charge on any atom is -0.490 e. The van der Waals surface area contributed by atoms with Crippen LogP contribution in [0.5, 0.6) is 11.5 Å². The molecule has 150 valence electrons. The highest BCUT2D eigenvalue weighted by atomic mass is 35.5. The molecule has 0 unspecified atom stereocenters. The van der Waals surface area contributed by atoms with E-state index in [1.165, 1.54) is 6.07 Å². The molecule has 0 spiro atoms. The monoisotopic (exact) mass is 415 g/mol. The number of carbonyl (C=O) groups is 1. The Kier molecular flexibility index (Phi) is 5.71. The average molecular weight is 416 g/mol. The van der Waals surface area contributed by atoms with Gasteiger partial charge < -0.3 is 19.2 Å². The van der Waals surface area contributed by atoms with E-state index in [1.807, 2.05) is 0 Å². The van der Waals surface area contributed by atoms with E-state index < -0.39 is 0 Å². The van der Waals surface area contributed by atoms with Crippen LogP contribution in [0, 0.1) is 5.82 Å². The van der Waals surface area contributed by atoms with Crippen LogP contribution in [-0.2, 0) is 11.2 Å². The van der Waals surface area contributed by atoms with E-state index in [4.69, 9.17) is 25.5 Å². The number of hydrogen-bond donors (Lipinski definition) is 1. The molecule has 5 nitrogen and oxygen atoms in total. The number of nitrogens with one attached hydrogen (secondary N) is 1. The zero-order valence-electron chi connectivity index (χ0n) is 15.5. The van der Waals surface area contributed by atoms with Crippen molar-refractivity contribution in [3.63, 3.8) is 0 Å². The molecule has 0 bridgehead atoms. The molecule has 1 aliphatic rings. The molecule has 0 saturated heterocycles. The van der Waals surface area contributed by atoms with Gasteiger partial charge in [0.2, 0.25) is 5.91 Å². The van der Waals surface area contributed by atoms with Gasteiger partial charge in [-0.3, -0.25) is 4.79 Å². The molecule has 1 N–H and O–H groups in total. The summed E-state index contributed by atoms with van der Waals surface area (Å²) in [5.41, 5.74) is 0.856. The van der Waals surface area contributed by atoms with Gasteiger partial charge in [-0.05, 0) is 24.3 Å². The number of halogens is 2. The first-order valence-corrected chi connectivity index (χ1v) is 9.70. The van der Waals surface area contributed by atoms with Crippen LogP contribution in [0.4, 0.5) is 10.1 Å². The van der Waals surface area contributed by atoms with Crippen LogP contribution in [0.3, 0.4) is 0 Å². The molecule has 2 aromatic carbocycles. The summed E-state index contributed by atoms with van der Waals surface area (Å²) in [6.45, 7) is 1.11. The van der Waals surface area contributed by atoms with Gasteiger partial charge in [0, 0.05) is 31.4 Å². The number of benzene rings is 2. The van der Waals surface area contributed by atoms with Crippen LogP contribution in [0.2, 0.25) is 5.02 Å². The summed E-state index contributed by atoms with van der Waals surface area (Å²) < 4.78 is 30.8. The van der Waals surface area contributed by atoms with Gasteiger partial charge in [-0.25, -0.2) is 4.39 Å². The Morgan fingerprint density at radius 1 is 1.07 bits per heavy atom. The van der Waals surface area contributed by atoms with Crippen LogP contribution < -0.4 is 14.8 Å². The maximum absolute atomic E-state index is 13.9. The third kappa shape index (κ3) is 4.54. The molecule has 1 aromatic heterocycles. The van der Waals surface area contributed by atoms with E-state index in [2.05, 4.69) is 5.32 Å². The van der Waals surface area contributed by atoms with Crippen molar-refractivity contribution >= 4 is 23.2 Å². The zero-order chi connectivity index (χ0) is 20.2. The fourth-order valence-corrected chi connectivity index (χ4v) is 3.25. The fraction of sp³-hybridized carbons (Fsp3) is 0.227. The summed E-state index contributed by atoms with van der Waals surface area (Å²) in [6, 6.07) is 13.2. The van der Waals surface area contributed by atoms with Crippen LogP contribution in [-0.4, -0.2) is 19.1 Å². The maximum atomic E-state index is 13.9. The summed E-state index contributed by atoms with van der Waals surface area (Å²) in [5, 5.41) is 3.17. The van der Waals surface area contributed by atoms with E-state index in [9.17, 15) is 9.18 Å². The highest BCUT2D eigenvalue weighted by molar-refractivity contribution is 6.34. The quantitative estimate of drug-likeness (QED) is 0.600. The van der Waals surface area contributed by atoms with E-state index >= 15 is 0 Å². The van der Waals surface area contributed by atoms with Crippen LogP contribution in [0.1, 0.15) is 18.6 Å². The molecule has 0 fully saturated rings. The van der Waals surface area contributed by atoms with Crippen molar-refractivity contribution in [3.8, 4) is 22.8 Å². The van der Waals surface area contributed by atoms with Gasteiger partial charge in [0.25, 0.3) is 0 Å². The first-order chi connectivity index (χ1) is 14.1. The number of ether oxygens (including phenoxy) is 2. The Labute approximate surface area is 172 Å². The lowest BCUT2D eigenvalue weighted by molar-refractivity contribution is -0.116. The maximum Gasteiger partial charge on any atom is 0.224 e. The van der Waals surface area contributed by atoms with Crippen molar-refractivity contribution in [2.24, 2.45) is 0 Å². The Bertz CT molecular complexity index is 1030. The second-order valence-corrected chi connectivity index (χ2v) is 7.03. The van der Waals surface area contributed by atoms with Gasteiger partial charge in [0.15, 0.2) is 11.5 Å². The van der Waals surface area contributed by atoms with Gasteiger partial charge in [-0.15, -0.1) is 0 Å². The highest BCUT2D eigenvalue weighted by Gasteiger charge is 2.16. The summed E-state index contributed by atoms with van der Waals surface area (Å²) in [5.74, 6) is 1.59. The van der Waals surface area contributed by atoms with E-state index in [0.717, 1.165) is 6.42 Å². The lowest BCUT2D eigenvalue weighted by atomic mass is 10.1. The predicted molar refractivity (Wildman–Crippen MR) is 108 cm³/mol. The number of rotatable bonds is 5. The molecular weight excluding hydrogens is 397 g/mol. The van der Waals surface area contributed by atoms with Crippen LogP contribution in [0.25, 0.3) is 11.3 Å². The van der Waals surface area contributed by atoms with Gasteiger partial charge in [-0.1, -0.05) is 23.7 Å². The first kappa shape index (κ1) is 19.3. The molecule has 0 atom stereocenters. The normalized spacial score (nSPS) is 13.0. The summed E-state index contributed by atoms with van der Waals surface area (Å²) in [6.07, 6.45) is 1.35. The van der Waals surface area contributed by atoms with Gasteiger partial charge >= 0.3 is 0 Å². The minimum absolute atomic E-state index is 0.189. The number of furan rings is 1. The van der Waals surface area contributed by atoms with Gasteiger partial charge in [0.1, 0.15) is 17.3 Å². The van der Waals surface area contributed by atoms with Crippen molar-refractivity contribution in [1.82, 2.24) is 0 Å². The van der Waals surface area contributed by atoms with Crippen molar-refractivity contribution in [1.29, 1.82) is 0 Å². The van der Waals surface area contributed by atoms with E-state index in [1.54, 1.807) is 42.5 Å². The van der Waals surface area contributed by atoms with Crippen LogP contribution in [0.15, 0.2) is 52.9 Å². The van der Waals surface area contributed by atoms with Crippen molar-refractivity contribution < 1.29 is 23.1 Å². The Morgan fingerprint density at radius 3 is 2.62 bits per heavy atom. The summed E-state index contributed by atoms with van der Waals surface area (Å²) >= 11 is 6.26. The van der Waals surface area contributed by atoms with Crippen molar-refractivity contribution in [2.75, 3.05) is 18.5 Å². The third-order valence-electron chi connectivity index (χ3n) is 4.51. The lowest BCUT2D eigenvalue weighted by Crippen LogP contribution is -2.12. The number of fused-ring (bicyclic) bond motifs is 1. The predicted octanol–water partition coefficient (Wildman–Crippen LogP) is 5.47. The molecule has 7 heteroatoms. The number of anilines is 1. The number of amides is 1. The third-order valence-corrected chi connectivity index (χ3v) is 4.82. The second kappa shape index (κ2) is 8.57. The van der Waals surface area contributed by atoms with Crippen molar-refractivity contribution in [2.45, 2.75) is 19.3 Å². The zero-order valence-corrected chi connectivity index (χ0v) is 16.3. The molecule has 2 heterocycles. The van der Waals surface area contributed by atoms with E-state index in [-0.39, 0.29) is 18.1 Å². The standard InChI is InChI=1S/C22H19ClFNO4/c23-16-12-20-21(28-11-3-10-27-20)13-18(16)25-22(26)9-7-14-6-8-19(29-14)15-4-1-2-5-17(15)24/h1-2,4-6,8,12-13H,3,7,9-11H2,(H,25,26). The number of carbonyl (C=O) groups excluding carboxylic acids is 1. The molecule has 4 rings (SSSR count). The summed E-state index contributed by atoms with van der Waals surface area (Å²) in [4.78, 5) is 12.4. The van der Waals surface area contributed by atoms with Gasteiger partial charge in [-0.2, -0.15) is 0 Å². The molecule has 3 aromatic rings. The Morgan fingerprint density at radius 2 is 1.83 bits per heavy atom. The lowest BCUT2D eigenvalue weighted by Gasteiger charge is -2.12. The molecule has 29 heavy (non-hydrogen) atoms. The molecular formula is C22H19ClFNO4. The molecule has 0 saturated carbocycles. The second-order valence-electron chi connectivity index (χ2n) is 6.62. The Hall–Kier alpha value is -2.99. The fourth-order valence-electron chi connectivity index (χ4n) is 3.05. The molecule has 1 aliphatic heterocycles. The highest BCUT2D eigenvalue weighted by Crippen LogP contribution is 2.37. The van der Waals surface area contributed by atoms with Crippen molar-refractivity contribution in [3.05, 3.63) is 65.1 Å². The topological polar surface area (TPSA) is 60.7 Å².